The van der Waals surface area contributed by atoms with Crippen molar-refractivity contribution < 1.29 is 4.52 Å². The molecule has 0 radical (unpaired) electrons. The Hall–Kier alpha value is -0.900. The van der Waals surface area contributed by atoms with Gasteiger partial charge in [-0.15, -0.1) is 0 Å². The second-order valence-corrected chi connectivity index (χ2v) is 4.43. The van der Waals surface area contributed by atoms with Gasteiger partial charge in [0.25, 0.3) is 0 Å². The summed E-state index contributed by atoms with van der Waals surface area (Å²) in [5.41, 5.74) is 0.216. The lowest BCUT2D eigenvalue weighted by atomic mass is 9.66. The van der Waals surface area contributed by atoms with Crippen LogP contribution in [0.1, 0.15) is 50.7 Å². The second-order valence-electron chi connectivity index (χ2n) is 4.43. The van der Waals surface area contributed by atoms with E-state index in [1.165, 1.54) is 32.1 Å². The van der Waals surface area contributed by atoms with Gasteiger partial charge < -0.3 is 9.84 Å². The number of nitrogens with one attached hydrogen (secondary N) is 1. The second kappa shape index (κ2) is 4.31. The molecule has 1 N–H and O–H groups in total. The van der Waals surface area contributed by atoms with Crippen LogP contribution in [0.2, 0.25) is 0 Å². The lowest BCUT2D eigenvalue weighted by Gasteiger charge is -2.38. The molecule has 0 spiro atoms. The first kappa shape index (κ1) is 10.6. The molecule has 1 heterocycles. The molecular weight excluding hydrogens is 190 g/mol. The van der Waals surface area contributed by atoms with Gasteiger partial charge in [0.1, 0.15) is 0 Å². The van der Waals surface area contributed by atoms with Gasteiger partial charge in [0.15, 0.2) is 5.82 Å². The van der Waals surface area contributed by atoms with Crippen molar-refractivity contribution in [3.05, 3.63) is 11.7 Å². The first-order valence-corrected chi connectivity index (χ1v) is 5.78. The van der Waals surface area contributed by atoms with Crippen LogP contribution in [-0.4, -0.2) is 17.2 Å². The zero-order valence-corrected chi connectivity index (χ0v) is 9.55. The van der Waals surface area contributed by atoms with Crippen molar-refractivity contribution in [2.75, 3.05) is 7.05 Å². The molecule has 2 rings (SSSR count). The summed E-state index contributed by atoms with van der Waals surface area (Å²) in [4.78, 5) is 4.47. The van der Waals surface area contributed by atoms with Gasteiger partial charge in [0.05, 0.1) is 6.54 Å². The summed E-state index contributed by atoms with van der Waals surface area (Å²) in [5.74, 6) is 1.63. The number of rotatable bonds is 5. The maximum atomic E-state index is 5.38. The van der Waals surface area contributed by atoms with Crippen molar-refractivity contribution in [2.24, 2.45) is 0 Å². The van der Waals surface area contributed by atoms with Crippen LogP contribution in [0.4, 0.5) is 0 Å². The fourth-order valence-electron chi connectivity index (χ4n) is 2.35. The lowest BCUT2D eigenvalue weighted by Crippen LogP contribution is -2.34. The van der Waals surface area contributed by atoms with E-state index in [2.05, 4.69) is 22.4 Å². The third-order valence-corrected chi connectivity index (χ3v) is 3.30. The molecule has 0 aromatic carbocycles. The van der Waals surface area contributed by atoms with Crippen molar-refractivity contribution in [1.82, 2.24) is 15.5 Å². The van der Waals surface area contributed by atoms with E-state index in [0.717, 1.165) is 11.7 Å². The fourth-order valence-corrected chi connectivity index (χ4v) is 2.35. The van der Waals surface area contributed by atoms with E-state index < -0.39 is 0 Å². The monoisotopic (exact) mass is 209 g/mol. The molecule has 1 aromatic heterocycles. The van der Waals surface area contributed by atoms with Crippen LogP contribution in [0.25, 0.3) is 0 Å². The average Bonchev–Trinajstić information content (AvgIpc) is 2.61. The fraction of sp³-hybridized carbons (Fsp3) is 0.818. The van der Waals surface area contributed by atoms with Gasteiger partial charge in [-0.25, -0.2) is 0 Å². The molecule has 4 heteroatoms. The molecule has 0 saturated heterocycles. The maximum absolute atomic E-state index is 5.38. The zero-order valence-electron chi connectivity index (χ0n) is 9.55. The molecule has 4 nitrogen and oxygen atoms in total. The Balaban J connectivity index is 2.12. The Morgan fingerprint density at radius 1 is 1.47 bits per heavy atom. The summed E-state index contributed by atoms with van der Waals surface area (Å²) >= 11 is 0. The Morgan fingerprint density at radius 3 is 2.80 bits per heavy atom. The lowest BCUT2D eigenvalue weighted by molar-refractivity contribution is 0.160. The quantitative estimate of drug-likeness (QED) is 0.806. The molecule has 0 amide bonds. The molecule has 1 aliphatic carbocycles. The van der Waals surface area contributed by atoms with Crippen LogP contribution < -0.4 is 5.32 Å². The van der Waals surface area contributed by atoms with E-state index in [4.69, 9.17) is 4.52 Å². The van der Waals surface area contributed by atoms with Gasteiger partial charge in [-0.1, -0.05) is 24.9 Å². The van der Waals surface area contributed by atoms with E-state index in [1.54, 1.807) is 0 Å². The molecule has 1 fully saturated rings. The maximum Gasteiger partial charge on any atom is 0.232 e. The van der Waals surface area contributed by atoms with Gasteiger partial charge in [-0.2, -0.15) is 4.98 Å². The Morgan fingerprint density at radius 2 is 2.27 bits per heavy atom. The topological polar surface area (TPSA) is 51.0 Å². The average molecular weight is 209 g/mol. The van der Waals surface area contributed by atoms with Gasteiger partial charge >= 0.3 is 0 Å². The van der Waals surface area contributed by atoms with Gasteiger partial charge in [-0.3, -0.25) is 0 Å². The highest BCUT2D eigenvalue weighted by Crippen LogP contribution is 2.46. The highest BCUT2D eigenvalue weighted by atomic mass is 16.5. The van der Waals surface area contributed by atoms with E-state index >= 15 is 0 Å². The van der Waals surface area contributed by atoms with Crippen LogP contribution in [0.5, 0.6) is 0 Å². The summed E-state index contributed by atoms with van der Waals surface area (Å²) in [6, 6.07) is 0. The minimum Gasteiger partial charge on any atom is -0.339 e. The summed E-state index contributed by atoms with van der Waals surface area (Å²) in [5, 5.41) is 7.02. The highest BCUT2D eigenvalue weighted by molar-refractivity contribution is 5.10. The molecule has 0 bridgehead atoms. The standard InChI is InChI=1S/C11H19N3O/c1-3-5-11(6-4-7-11)10-13-9(8-12-2)14-15-10/h12H,3-8H2,1-2H3. The molecule has 0 aliphatic heterocycles. The molecule has 84 valence electrons. The van der Waals surface area contributed by atoms with Crippen LogP contribution in [0.15, 0.2) is 4.52 Å². The molecule has 1 aromatic rings. The van der Waals surface area contributed by atoms with Gasteiger partial charge in [-0.05, 0) is 26.3 Å². The number of aromatic nitrogens is 2. The third-order valence-electron chi connectivity index (χ3n) is 3.30. The SMILES string of the molecule is CCCC1(c2nc(CNC)no2)CCC1. The van der Waals surface area contributed by atoms with Gasteiger partial charge in [0.2, 0.25) is 5.89 Å². The predicted molar refractivity (Wildman–Crippen MR) is 57.5 cm³/mol. The van der Waals surface area contributed by atoms with Crippen LogP contribution in [0, 0.1) is 0 Å². The van der Waals surface area contributed by atoms with Crippen molar-refractivity contribution >= 4 is 0 Å². The van der Waals surface area contributed by atoms with E-state index in [-0.39, 0.29) is 5.41 Å². The number of hydrogen-bond acceptors (Lipinski definition) is 4. The van der Waals surface area contributed by atoms with Crippen molar-refractivity contribution in [2.45, 2.75) is 51.0 Å². The van der Waals surface area contributed by atoms with E-state index in [9.17, 15) is 0 Å². The largest absolute Gasteiger partial charge is 0.339 e. The highest BCUT2D eigenvalue weighted by Gasteiger charge is 2.42. The first-order chi connectivity index (χ1) is 7.30. The smallest absolute Gasteiger partial charge is 0.232 e. The molecule has 1 saturated carbocycles. The van der Waals surface area contributed by atoms with Gasteiger partial charge in [0, 0.05) is 5.41 Å². The minimum absolute atomic E-state index is 0.216. The zero-order chi connectivity index (χ0) is 10.7. The Labute approximate surface area is 90.4 Å². The molecule has 15 heavy (non-hydrogen) atoms. The normalized spacial score (nSPS) is 18.8. The van der Waals surface area contributed by atoms with Crippen LogP contribution >= 0.6 is 0 Å². The van der Waals surface area contributed by atoms with Crippen LogP contribution in [0.3, 0.4) is 0 Å². The Kier molecular flexibility index (Phi) is 3.05. The molecule has 0 unspecified atom stereocenters. The van der Waals surface area contributed by atoms with Crippen LogP contribution in [-0.2, 0) is 12.0 Å². The van der Waals surface area contributed by atoms with Crippen molar-refractivity contribution in [3.8, 4) is 0 Å². The summed E-state index contributed by atoms with van der Waals surface area (Å²) in [6.07, 6.45) is 6.08. The van der Waals surface area contributed by atoms with E-state index in [1.807, 2.05) is 7.05 Å². The minimum atomic E-state index is 0.216. The summed E-state index contributed by atoms with van der Waals surface area (Å²) < 4.78 is 5.38. The number of hydrogen-bond donors (Lipinski definition) is 1. The Bertz CT molecular complexity index is 317. The first-order valence-electron chi connectivity index (χ1n) is 5.78. The van der Waals surface area contributed by atoms with Crippen molar-refractivity contribution in [3.63, 3.8) is 0 Å². The molecule has 0 atom stereocenters. The predicted octanol–water partition coefficient (Wildman–Crippen LogP) is 2.01. The number of nitrogens with zero attached hydrogens (tertiary/aromatic N) is 2. The summed E-state index contributed by atoms with van der Waals surface area (Å²) in [6.45, 7) is 2.90. The molecule has 1 aliphatic rings. The third kappa shape index (κ3) is 1.91. The summed E-state index contributed by atoms with van der Waals surface area (Å²) in [7, 11) is 1.89. The van der Waals surface area contributed by atoms with Crippen molar-refractivity contribution in [1.29, 1.82) is 0 Å². The van der Waals surface area contributed by atoms with E-state index in [0.29, 0.717) is 6.54 Å². The molecular formula is C11H19N3O.